The monoisotopic (exact) mass is 289 g/mol. The van der Waals surface area contributed by atoms with E-state index >= 15 is 0 Å². The summed E-state index contributed by atoms with van der Waals surface area (Å²) in [6.07, 6.45) is 2.22. The zero-order chi connectivity index (χ0) is 16.2. The minimum Gasteiger partial charge on any atom is -0.258 e. The summed E-state index contributed by atoms with van der Waals surface area (Å²) in [5, 5.41) is 11.1. The van der Waals surface area contributed by atoms with E-state index in [-0.39, 0.29) is 4.92 Å². The lowest BCUT2D eigenvalue weighted by Crippen LogP contribution is -2.02. The van der Waals surface area contributed by atoms with Crippen LogP contribution in [0.25, 0.3) is 0 Å². The first kappa shape index (κ1) is 17.4. The molecule has 3 nitrogen and oxygen atoms in total. The van der Waals surface area contributed by atoms with Gasteiger partial charge in [0, 0.05) is 23.5 Å². The average Bonchev–Trinajstić information content (AvgIpc) is 3.08. The van der Waals surface area contributed by atoms with Crippen LogP contribution in [0.15, 0.2) is 29.3 Å². The van der Waals surface area contributed by atoms with Gasteiger partial charge < -0.3 is 0 Å². The topological polar surface area (TPSA) is 43.1 Å². The highest BCUT2D eigenvalue weighted by Gasteiger charge is 2.45. The summed E-state index contributed by atoms with van der Waals surface area (Å²) in [5.41, 5.74) is 5.28. The van der Waals surface area contributed by atoms with Crippen molar-refractivity contribution in [1.82, 2.24) is 0 Å². The second-order valence-corrected chi connectivity index (χ2v) is 5.18. The number of nitro benzene ring substituents is 1. The molecule has 0 spiro atoms. The van der Waals surface area contributed by atoms with Crippen molar-refractivity contribution in [2.24, 2.45) is 0 Å². The molecule has 0 heterocycles. The second kappa shape index (κ2) is 7.39. The lowest BCUT2D eigenvalue weighted by atomic mass is 9.90. The number of allylic oxidation sites excluding steroid dienone is 2. The van der Waals surface area contributed by atoms with E-state index in [9.17, 15) is 10.1 Å². The highest BCUT2D eigenvalue weighted by atomic mass is 16.6. The minimum atomic E-state index is -0.234. The first-order valence-corrected chi connectivity index (χ1v) is 8.05. The number of nitrogens with zero attached hydrogens (tertiary/aromatic N) is 1. The Labute approximate surface area is 128 Å². The van der Waals surface area contributed by atoms with Crippen LogP contribution in [0.4, 0.5) is 5.69 Å². The van der Waals surface area contributed by atoms with Gasteiger partial charge in [0.05, 0.1) is 4.92 Å². The smallest absolute Gasteiger partial charge is 0.258 e. The predicted molar refractivity (Wildman–Crippen MR) is 88.9 cm³/mol. The van der Waals surface area contributed by atoms with E-state index in [0.29, 0.717) is 17.5 Å². The number of rotatable bonds is 1. The fourth-order valence-electron chi connectivity index (χ4n) is 3.62. The quantitative estimate of drug-likeness (QED) is 0.364. The Bertz CT molecular complexity index is 542. The first-order chi connectivity index (χ1) is 10.1. The predicted octanol–water partition coefficient (Wildman–Crippen LogP) is 5.96. The molecular formula is C18H27NO2. The zero-order valence-corrected chi connectivity index (χ0v) is 14.1. The van der Waals surface area contributed by atoms with Crippen molar-refractivity contribution in [3.63, 3.8) is 0 Å². The maximum atomic E-state index is 11.1. The van der Waals surface area contributed by atoms with Gasteiger partial charge in [-0.3, -0.25) is 10.1 Å². The number of nitro groups is 1. The van der Waals surface area contributed by atoms with E-state index in [1.54, 1.807) is 6.07 Å². The van der Waals surface area contributed by atoms with Gasteiger partial charge in [-0.15, -0.1) is 0 Å². The maximum Gasteiger partial charge on any atom is 0.273 e. The van der Waals surface area contributed by atoms with Gasteiger partial charge in [-0.25, -0.2) is 0 Å². The van der Waals surface area contributed by atoms with Crippen LogP contribution < -0.4 is 0 Å². The molecule has 21 heavy (non-hydrogen) atoms. The molecule has 116 valence electrons. The van der Waals surface area contributed by atoms with Crippen LogP contribution >= 0.6 is 0 Å². The molecule has 0 saturated heterocycles. The third-order valence-corrected chi connectivity index (χ3v) is 4.11. The lowest BCUT2D eigenvalue weighted by Gasteiger charge is -2.13. The van der Waals surface area contributed by atoms with Gasteiger partial charge in [-0.1, -0.05) is 51.0 Å². The summed E-state index contributed by atoms with van der Waals surface area (Å²) >= 11 is 0. The maximum absolute atomic E-state index is 11.1. The zero-order valence-electron chi connectivity index (χ0n) is 14.1. The molecular weight excluding hydrogens is 262 g/mol. The van der Waals surface area contributed by atoms with Gasteiger partial charge in [0.25, 0.3) is 5.69 Å². The van der Waals surface area contributed by atoms with Crippen LogP contribution in [0.1, 0.15) is 77.3 Å². The molecule has 3 heteroatoms. The molecule has 2 bridgehead atoms. The Kier molecular flexibility index (Phi) is 6.13. The molecule has 2 unspecified atom stereocenters. The van der Waals surface area contributed by atoms with E-state index in [2.05, 4.69) is 19.9 Å². The van der Waals surface area contributed by atoms with Crippen LogP contribution in [0.3, 0.4) is 0 Å². The standard InChI is InChI=1S/C14H15NO2.2C2H6/c1-8(2)13-10-6-7-11(13)14-9(10)4-3-5-12(14)15(16)17;2*1-2/h3-5,10-11H,6-7H2,1-2H3;2*1-2H3. The van der Waals surface area contributed by atoms with Crippen LogP contribution in [0.2, 0.25) is 0 Å². The number of hydrogen-bond donors (Lipinski definition) is 0. The Morgan fingerprint density at radius 2 is 1.67 bits per heavy atom. The number of benzene rings is 1. The molecule has 0 N–H and O–H groups in total. The Morgan fingerprint density at radius 3 is 2.19 bits per heavy atom. The molecule has 2 atom stereocenters. The third kappa shape index (κ3) is 2.87. The lowest BCUT2D eigenvalue weighted by molar-refractivity contribution is -0.385. The van der Waals surface area contributed by atoms with Crippen LogP contribution in [-0.4, -0.2) is 4.92 Å². The highest BCUT2D eigenvalue weighted by molar-refractivity contribution is 5.62. The normalized spacial score (nSPS) is 20.8. The van der Waals surface area contributed by atoms with E-state index < -0.39 is 0 Å². The molecule has 0 aliphatic heterocycles. The number of fused-ring (bicyclic) bond motifs is 5. The van der Waals surface area contributed by atoms with E-state index in [4.69, 9.17) is 0 Å². The first-order valence-electron chi connectivity index (χ1n) is 8.05. The molecule has 1 aromatic carbocycles. The average molecular weight is 289 g/mol. The van der Waals surface area contributed by atoms with Crippen molar-refractivity contribution in [3.8, 4) is 0 Å². The second-order valence-electron chi connectivity index (χ2n) is 5.18. The van der Waals surface area contributed by atoms with Gasteiger partial charge >= 0.3 is 0 Å². The largest absolute Gasteiger partial charge is 0.273 e. The SMILES string of the molecule is CC.CC.CC(C)=C1C2CCC1c1c2cccc1[N+](=O)[O-]. The Morgan fingerprint density at radius 1 is 1.10 bits per heavy atom. The summed E-state index contributed by atoms with van der Waals surface area (Å²) in [6.45, 7) is 12.2. The molecule has 1 saturated carbocycles. The van der Waals surface area contributed by atoms with E-state index in [1.807, 2.05) is 33.8 Å². The molecule has 0 aromatic heterocycles. The Balaban J connectivity index is 0.000000510. The molecule has 1 fully saturated rings. The minimum absolute atomic E-state index is 0.234. The summed E-state index contributed by atoms with van der Waals surface area (Å²) in [6, 6.07) is 5.53. The van der Waals surface area contributed by atoms with Crippen molar-refractivity contribution in [1.29, 1.82) is 0 Å². The van der Waals surface area contributed by atoms with Crippen molar-refractivity contribution >= 4 is 5.69 Å². The van der Waals surface area contributed by atoms with Crippen molar-refractivity contribution < 1.29 is 4.92 Å². The van der Waals surface area contributed by atoms with Crippen LogP contribution in [0.5, 0.6) is 0 Å². The summed E-state index contributed by atoms with van der Waals surface area (Å²) in [7, 11) is 0. The van der Waals surface area contributed by atoms with E-state index in [1.165, 1.54) is 16.7 Å². The van der Waals surface area contributed by atoms with Crippen LogP contribution in [0, 0.1) is 10.1 Å². The summed E-state index contributed by atoms with van der Waals surface area (Å²) in [5.74, 6) is 0.751. The van der Waals surface area contributed by atoms with Gasteiger partial charge in [-0.05, 0) is 32.3 Å². The van der Waals surface area contributed by atoms with E-state index in [0.717, 1.165) is 18.4 Å². The van der Waals surface area contributed by atoms with Gasteiger partial charge in [-0.2, -0.15) is 0 Å². The molecule has 3 rings (SSSR count). The fraction of sp³-hybridized carbons (Fsp3) is 0.556. The van der Waals surface area contributed by atoms with Crippen molar-refractivity contribution in [2.75, 3.05) is 0 Å². The highest BCUT2D eigenvalue weighted by Crippen LogP contribution is 2.59. The molecule has 1 aromatic rings. The fourth-order valence-corrected chi connectivity index (χ4v) is 3.62. The third-order valence-electron chi connectivity index (χ3n) is 4.11. The van der Waals surface area contributed by atoms with Gasteiger partial charge in [0.2, 0.25) is 0 Å². The Hall–Kier alpha value is -1.64. The van der Waals surface area contributed by atoms with Gasteiger partial charge in [0.15, 0.2) is 0 Å². The summed E-state index contributed by atoms with van der Waals surface area (Å²) < 4.78 is 0. The molecule has 0 radical (unpaired) electrons. The van der Waals surface area contributed by atoms with Gasteiger partial charge in [0.1, 0.15) is 0 Å². The molecule has 2 aliphatic rings. The van der Waals surface area contributed by atoms with Crippen LogP contribution in [-0.2, 0) is 0 Å². The molecule has 0 amide bonds. The van der Waals surface area contributed by atoms with Crippen molar-refractivity contribution in [2.45, 2.75) is 66.2 Å². The number of hydrogen-bond acceptors (Lipinski definition) is 2. The molecule has 2 aliphatic carbocycles. The van der Waals surface area contributed by atoms with Crippen molar-refractivity contribution in [3.05, 3.63) is 50.6 Å². The summed E-state index contributed by atoms with van der Waals surface area (Å²) in [4.78, 5) is 10.9.